The van der Waals surface area contributed by atoms with E-state index in [1.54, 1.807) is 6.92 Å². The minimum absolute atomic E-state index is 0.0767. The van der Waals surface area contributed by atoms with E-state index in [-0.39, 0.29) is 23.4 Å². The number of hydrogen-bond acceptors (Lipinski definition) is 7. The third-order valence-electron chi connectivity index (χ3n) is 7.38. The van der Waals surface area contributed by atoms with Crippen LogP contribution in [0.4, 0.5) is 0 Å². The van der Waals surface area contributed by atoms with Gasteiger partial charge in [-0.1, -0.05) is 6.58 Å². The Labute approximate surface area is 171 Å². The molecule has 162 valence electrons. The summed E-state index contributed by atoms with van der Waals surface area (Å²) in [7, 11) is 0. The molecule has 1 aliphatic carbocycles. The summed E-state index contributed by atoms with van der Waals surface area (Å²) < 4.78 is 23.1. The maximum Gasteiger partial charge on any atom is 0.334 e. The molecule has 4 aliphatic rings. The van der Waals surface area contributed by atoms with Crippen LogP contribution in [0.3, 0.4) is 0 Å². The van der Waals surface area contributed by atoms with E-state index < -0.39 is 41.3 Å². The zero-order valence-corrected chi connectivity index (χ0v) is 17.7. The molecule has 1 N–H and O–H groups in total. The molecule has 7 nitrogen and oxygen atoms in total. The molecule has 3 saturated heterocycles. The van der Waals surface area contributed by atoms with Gasteiger partial charge in [-0.05, 0) is 52.9 Å². The molecule has 4 fully saturated rings. The second kappa shape index (κ2) is 6.79. The van der Waals surface area contributed by atoms with Gasteiger partial charge in [0.25, 0.3) is 0 Å². The fourth-order valence-corrected chi connectivity index (χ4v) is 5.12. The number of hydrogen-bond donors (Lipinski definition) is 1. The molecule has 4 rings (SSSR count). The van der Waals surface area contributed by atoms with Crippen molar-refractivity contribution in [1.82, 2.24) is 0 Å². The highest BCUT2D eigenvalue weighted by Gasteiger charge is 2.59. The van der Waals surface area contributed by atoms with Crippen LogP contribution in [0.2, 0.25) is 0 Å². The van der Waals surface area contributed by atoms with Crippen molar-refractivity contribution in [3.8, 4) is 0 Å². The van der Waals surface area contributed by atoms with Crippen molar-refractivity contribution in [3.63, 3.8) is 0 Å². The molecule has 0 aromatic rings. The van der Waals surface area contributed by atoms with E-state index in [9.17, 15) is 14.7 Å². The lowest BCUT2D eigenvalue weighted by molar-refractivity contribution is -0.175. The summed E-state index contributed by atoms with van der Waals surface area (Å²) in [5, 5.41) is 11.1. The highest BCUT2D eigenvalue weighted by atomic mass is 16.6. The van der Waals surface area contributed by atoms with Gasteiger partial charge in [0.05, 0.1) is 29.0 Å². The van der Waals surface area contributed by atoms with Crippen LogP contribution >= 0.6 is 0 Å². The third kappa shape index (κ3) is 3.97. The number of fused-ring (bicyclic) bond motifs is 4. The van der Waals surface area contributed by atoms with Gasteiger partial charge < -0.3 is 24.1 Å². The van der Waals surface area contributed by atoms with Crippen molar-refractivity contribution in [2.45, 2.75) is 107 Å². The summed E-state index contributed by atoms with van der Waals surface area (Å²) in [6.07, 6.45) is 2.66. The quantitative estimate of drug-likeness (QED) is 0.404. The van der Waals surface area contributed by atoms with Gasteiger partial charge in [-0.15, -0.1) is 0 Å². The minimum atomic E-state index is -1.20. The van der Waals surface area contributed by atoms with Crippen molar-refractivity contribution < 1.29 is 33.6 Å². The van der Waals surface area contributed by atoms with Crippen LogP contribution in [0.1, 0.15) is 66.2 Å². The second-order valence-corrected chi connectivity index (χ2v) is 9.89. The molecule has 0 radical (unpaired) electrons. The number of aliphatic hydroxyl groups is 1. The Kier molecular flexibility index (Phi) is 4.87. The van der Waals surface area contributed by atoms with E-state index in [0.717, 1.165) is 12.8 Å². The first-order valence-corrected chi connectivity index (χ1v) is 10.6. The van der Waals surface area contributed by atoms with Crippen molar-refractivity contribution in [1.29, 1.82) is 0 Å². The van der Waals surface area contributed by atoms with Crippen LogP contribution in [0, 0.1) is 5.92 Å². The first-order chi connectivity index (χ1) is 13.4. The van der Waals surface area contributed by atoms with Crippen LogP contribution in [0.25, 0.3) is 0 Å². The van der Waals surface area contributed by atoms with Gasteiger partial charge >= 0.3 is 11.9 Å². The molecular formula is C22H32O7. The number of carbonyl (C=O) groups is 2. The van der Waals surface area contributed by atoms with Gasteiger partial charge in [0.2, 0.25) is 0 Å². The maximum absolute atomic E-state index is 12.5. The Bertz CT molecular complexity index is 731. The molecule has 0 aromatic heterocycles. The molecule has 3 aliphatic heterocycles. The average Bonchev–Trinajstić information content (AvgIpc) is 3.47. The van der Waals surface area contributed by atoms with Crippen LogP contribution in [-0.4, -0.2) is 58.3 Å². The zero-order chi connectivity index (χ0) is 21.2. The molecule has 8 atom stereocenters. The Hall–Kier alpha value is -1.44. The molecule has 1 saturated carbocycles. The Balaban J connectivity index is 1.63. The normalized spacial score (nSPS) is 49.8. The molecule has 0 amide bonds. The highest BCUT2D eigenvalue weighted by molar-refractivity contribution is 5.89. The number of ether oxygens (including phenoxy) is 4. The number of rotatable bonds is 1. The van der Waals surface area contributed by atoms with E-state index in [1.165, 1.54) is 6.92 Å². The summed E-state index contributed by atoms with van der Waals surface area (Å²) >= 11 is 0. The van der Waals surface area contributed by atoms with Crippen LogP contribution in [-0.2, 0) is 28.5 Å². The summed E-state index contributed by atoms with van der Waals surface area (Å²) in [5.41, 5.74) is -1.52. The van der Waals surface area contributed by atoms with Crippen LogP contribution < -0.4 is 0 Å². The van der Waals surface area contributed by atoms with Gasteiger partial charge in [0, 0.05) is 24.8 Å². The van der Waals surface area contributed by atoms with Gasteiger partial charge in [0.1, 0.15) is 12.2 Å². The molecule has 29 heavy (non-hydrogen) atoms. The van der Waals surface area contributed by atoms with E-state index in [4.69, 9.17) is 18.9 Å². The van der Waals surface area contributed by atoms with Crippen LogP contribution in [0.15, 0.2) is 12.2 Å². The lowest BCUT2D eigenvalue weighted by Crippen LogP contribution is -2.50. The topological polar surface area (TPSA) is 97.9 Å². The first kappa shape index (κ1) is 20.8. The predicted octanol–water partition coefficient (Wildman–Crippen LogP) is 2.44. The van der Waals surface area contributed by atoms with E-state index in [0.29, 0.717) is 25.7 Å². The third-order valence-corrected chi connectivity index (χ3v) is 7.38. The fourth-order valence-electron chi connectivity index (χ4n) is 5.12. The summed E-state index contributed by atoms with van der Waals surface area (Å²) in [6.45, 7) is 11.1. The van der Waals surface area contributed by atoms with E-state index in [2.05, 4.69) is 13.5 Å². The SMILES string of the molecule is C=C1C(=O)O[C@H]2C[C@H]1[C@@H](OC(C)=O)C[C@@]1(C)O[C@H]1CC[C@@]1(C)O[C@H]1CC[C@@]2(C)O. The smallest absolute Gasteiger partial charge is 0.334 e. The largest absolute Gasteiger partial charge is 0.462 e. The molecule has 0 unspecified atom stereocenters. The Morgan fingerprint density at radius 1 is 1.10 bits per heavy atom. The molecule has 2 bridgehead atoms. The molecule has 0 spiro atoms. The first-order valence-electron chi connectivity index (χ1n) is 10.6. The van der Waals surface area contributed by atoms with E-state index >= 15 is 0 Å². The number of esters is 2. The lowest BCUT2D eigenvalue weighted by Gasteiger charge is -2.41. The Morgan fingerprint density at radius 2 is 1.72 bits per heavy atom. The summed E-state index contributed by atoms with van der Waals surface area (Å²) in [4.78, 5) is 24.3. The maximum atomic E-state index is 12.5. The Morgan fingerprint density at radius 3 is 2.41 bits per heavy atom. The monoisotopic (exact) mass is 408 g/mol. The minimum Gasteiger partial charge on any atom is -0.462 e. The number of carbonyl (C=O) groups excluding carboxylic acids is 2. The molecule has 7 heteroatoms. The molecular weight excluding hydrogens is 376 g/mol. The predicted molar refractivity (Wildman–Crippen MR) is 103 cm³/mol. The van der Waals surface area contributed by atoms with Gasteiger partial charge in [-0.25, -0.2) is 4.79 Å². The lowest BCUT2D eigenvalue weighted by atomic mass is 9.76. The van der Waals surface area contributed by atoms with Crippen molar-refractivity contribution in [2.24, 2.45) is 5.92 Å². The van der Waals surface area contributed by atoms with Gasteiger partial charge in [0.15, 0.2) is 0 Å². The van der Waals surface area contributed by atoms with Gasteiger partial charge in [-0.3, -0.25) is 4.79 Å². The van der Waals surface area contributed by atoms with Crippen molar-refractivity contribution >= 4 is 11.9 Å². The van der Waals surface area contributed by atoms with Crippen molar-refractivity contribution in [2.75, 3.05) is 0 Å². The molecule has 3 heterocycles. The van der Waals surface area contributed by atoms with Crippen LogP contribution in [0.5, 0.6) is 0 Å². The van der Waals surface area contributed by atoms with E-state index in [1.807, 2.05) is 6.92 Å². The number of epoxide rings is 2. The summed E-state index contributed by atoms with van der Waals surface area (Å²) in [6, 6.07) is 0. The standard InChI is InChI=1S/C22H32O7/c1-12-14-10-18(27-19(12)24)20(3,25)8-6-16-21(4,28-16)9-7-17-22(5,29-17)11-15(14)26-13(2)23/h14-18,25H,1,6-11H2,2-5H3/t14-,15+,16+,17+,18+,20-,21-,22-/m1/s1. The van der Waals surface area contributed by atoms with Crippen molar-refractivity contribution in [3.05, 3.63) is 12.2 Å². The zero-order valence-electron chi connectivity index (χ0n) is 17.7. The molecule has 0 aromatic carbocycles. The average molecular weight is 408 g/mol. The summed E-state index contributed by atoms with van der Waals surface area (Å²) in [5.74, 6) is -1.36. The second-order valence-electron chi connectivity index (χ2n) is 9.89. The fraction of sp³-hybridized carbons (Fsp3) is 0.818. The van der Waals surface area contributed by atoms with Gasteiger partial charge in [-0.2, -0.15) is 0 Å². The highest BCUT2D eigenvalue weighted by Crippen LogP contribution is 2.51.